The van der Waals surface area contributed by atoms with Crippen molar-refractivity contribution in [1.29, 1.82) is 0 Å². The molecule has 12 nitrogen and oxygen atoms in total. The molecule has 4 heterocycles. The lowest BCUT2D eigenvalue weighted by Gasteiger charge is -2.17. The summed E-state index contributed by atoms with van der Waals surface area (Å²) in [5.41, 5.74) is 2.61. The van der Waals surface area contributed by atoms with Gasteiger partial charge in [-0.05, 0) is 38.0 Å². The van der Waals surface area contributed by atoms with Gasteiger partial charge in [-0.2, -0.15) is 10.2 Å². The lowest BCUT2D eigenvalue weighted by molar-refractivity contribution is 0.0604. The number of alkyl carbamates (subject to hydrolysis) is 1. The molecule has 4 N–H and O–H groups in total. The Morgan fingerprint density at radius 1 is 1.33 bits per heavy atom. The number of rotatable bonds is 8. The molecular weight excluding hydrogens is 509 g/mol. The quantitative estimate of drug-likeness (QED) is 0.265. The summed E-state index contributed by atoms with van der Waals surface area (Å²) in [7, 11) is 1.59. The van der Waals surface area contributed by atoms with Crippen molar-refractivity contribution in [3.8, 4) is 17.0 Å². The zero-order chi connectivity index (χ0) is 27.1. The molecule has 3 aromatic heterocycles. The number of hydrogen-bond donors (Lipinski definition) is 4. The Hall–Kier alpha value is -4.23. The largest absolute Gasteiger partial charge is 0.497 e. The van der Waals surface area contributed by atoms with Crippen LogP contribution in [-0.2, 0) is 16.1 Å². The van der Waals surface area contributed by atoms with Gasteiger partial charge in [0, 0.05) is 17.2 Å². The first-order chi connectivity index (χ1) is 18.8. The number of H-pyrrole nitrogens is 1. The number of hydrogen-bond acceptors (Lipinski definition) is 9. The van der Waals surface area contributed by atoms with Gasteiger partial charge in [-0.15, -0.1) is 0 Å². The SMILES string of the molecule is COc1cccc(-c2cn3nc(CO)cc3c(Nc3cc([C@@H]4OC[C@H](OC(=O)NC5(C)CC5)[C@H]4F)[nH]n3)n2)c1. The average molecular weight is 538 g/mol. The van der Waals surface area contributed by atoms with Crippen LogP contribution in [0, 0.1) is 0 Å². The van der Waals surface area contributed by atoms with Crippen LogP contribution in [-0.4, -0.2) is 67.5 Å². The second kappa shape index (κ2) is 9.82. The van der Waals surface area contributed by atoms with Crippen molar-refractivity contribution in [3.63, 3.8) is 0 Å². The Kier molecular flexibility index (Phi) is 6.31. The number of aromatic nitrogens is 5. The van der Waals surface area contributed by atoms with Crippen LogP contribution in [0.2, 0.25) is 0 Å². The Morgan fingerprint density at radius 3 is 2.95 bits per heavy atom. The first kappa shape index (κ1) is 25.1. The number of ether oxygens (including phenoxy) is 3. The number of aromatic amines is 1. The van der Waals surface area contributed by atoms with Gasteiger partial charge < -0.3 is 30.0 Å². The number of fused-ring (bicyclic) bond motifs is 1. The molecule has 1 amide bonds. The predicted molar refractivity (Wildman–Crippen MR) is 137 cm³/mol. The van der Waals surface area contributed by atoms with Crippen LogP contribution in [0.5, 0.6) is 5.75 Å². The van der Waals surface area contributed by atoms with Gasteiger partial charge in [-0.25, -0.2) is 18.7 Å². The van der Waals surface area contributed by atoms with Gasteiger partial charge in [0.25, 0.3) is 0 Å². The number of halogens is 1. The highest BCUT2D eigenvalue weighted by Gasteiger charge is 2.44. The average Bonchev–Trinajstić information content (AvgIpc) is 3.28. The molecule has 204 valence electrons. The fraction of sp³-hybridized carbons (Fsp3) is 0.385. The van der Waals surface area contributed by atoms with E-state index in [2.05, 4.69) is 25.9 Å². The van der Waals surface area contributed by atoms with Gasteiger partial charge in [0.1, 0.15) is 17.4 Å². The third-order valence-corrected chi connectivity index (χ3v) is 6.93. The molecule has 4 aromatic rings. The number of nitrogens with one attached hydrogen (secondary N) is 3. The molecule has 39 heavy (non-hydrogen) atoms. The maximum atomic E-state index is 15.2. The van der Waals surface area contributed by atoms with Crippen LogP contribution >= 0.6 is 0 Å². The molecule has 1 saturated heterocycles. The number of alkyl halides is 1. The third kappa shape index (κ3) is 5.10. The summed E-state index contributed by atoms with van der Waals surface area (Å²) in [4.78, 5) is 16.9. The van der Waals surface area contributed by atoms with Gasteiger partial charge in [0.05, 0.1) is 43.6 Å². The fourth-order valence-corrected chi connectivity index (χ4v) is 4.46. The minimum atomic E-state index is -1.57. The van der Waals surface area contributed by atoms with E-state index in [1.807, 2.05) is 31.2 Å². The maximum absolute atomic E-state index is 15.2. The van der Waals surface area contributed by atoms with E-state index in [4.69, 9.17) is 19.2 Å². The molecule has 6 rings (SSSR count). The Bertz CT molecular complexity index is 1520. The normalized spacial score (nSPS) is 21.6. The molecule has 1 aliphatic carbocycles. The summed E-state index contributed by atoms with van der Waals surface area (Å²) >= 11 is 0. The fourth-order valence-electron chi connectivity index (χ4n) is 4.46. The van der Waals surface area contributed by atoms with Crippen LogP contribution < -0.4 is 15.4 Å². The lowest BCUT2D eigenvalue weighted by Crippen LogP contribution is -2.39. The molecule has 0 spiro atoms. The van der Waals surface area contributed by atoms with Gasteiger partial charge in [0.15, 0.2) is 23.9 Å². The van der Waals surface area contributed by atoms with Crippen molar-refractivity contribution in [2.24, 2.45) is 0 Å². The second-order valence-corrected chi connectivity index (χ2v) is 9.99. The Balaban J connectivity index is 1.22. The van der Waals surface area contributed by atoms with Gasteiger partial charge in [-0.3, -0.25) is 5.10 Å². The van der Waals surface area contributed by atoms with E-state index in [0.29, 0.717) is 40.0 Å². The number of aliphatic hydroxyl groups excluding tert-OH is 1. The van der Waals surface area contributed by atoms with Gasteiger partial charge >= 0.3 is 6.09 Å². The summed E-state index contributed by atoms with van der Waals surface area (Å²) in [6.45, 7) is 1.61. The van der Waals surface area contributed by atoms with Crippen molar-refractivity contribution in [1.82, 2.24) is 30.1 Å². The number of anilines is 2. The van der Waals surface area contributed by atoms with Gasteiger partial charge in [0.2, 0.25) is 0 Å². The van der Waals surface area contributed by atoms with Crippen molar-refractivity contribution < 1.29 is 28.5 Å². The van der Waals surface area contributed by atoms with Crippen LogP contribution in [0.15, 0.2) is 42.6 Å². The van der Waals surface area contributed by atoms with Crippen LogP contribution in [0.3, 0.4) is 0 Å². The Morgan fingerprint density at radius 2 is 2.18 bits per heavy atom. The summed E-state index contributed by atoms with van der Waals surface area (Å²) in [6.07, 6.45) is -0.717. The number of carbonyl (C=O) groups is 1. The molecule has 1 saturated carbocycles. The summed E-state index contributed by atoms with van der Waals surface area (Å²) < 4.78 is 33.0. The zero-order valence-corrected chi connectivity index (χ0v) is 21.3. The van der Waals surface area contributed by atoms with E-state index in [1.165, 1.54) is 0 Å². The molecule has 0 radical (unpaired) electrons. The molecule has 0 unspecified atom stereocenters. The number of carbonyl (C=O) groups excluding carboxylic acids is 1. The molecule has 1 aliphatic heterocycles. The number of methoxy groups -OCH3 is 1. The molecule has 2 aliphatic rings. The van der Waals surface area contributed by atoms with Crippen molar-refractivity contribution in [2.75, 3.05) is 19.0 Å². The van der Waals surface area contributed by atoms with E-state index in [1.54, 1.807) is 30.0 Å². The summed E-state index contributed by atoms with van der Waals surface area (Å²) in [5, 5.41) is 27.0. The molecule has 13 heteroatoms. The molecule has 0 bridgehead atoms. The first-order valence-electron chi connectivity index (χ1n) is 12.6. The topological polar surface area (TPSA) is 148 Å². The predicted octanol–water partition coefficient (Wildman–Crippen LogP) is 3.42. The zero-order valence-electron chi connectivity index (χ0n) is 21.3. The molecule has 2 fully saturated rings. The molecule has 1 aromatic carbocycles. The summed E-state index contributed by atoms with van der Waals surface area (Å²) in [5.74, 6) is 1.47. The van der Waals surface area contributed by atoms with E-state index in [-0.39, 0.29) is 18.8 Å². The molecule has 3 atom stereocenters. The van der Waals surface area contributed by atoms with Crippen molar-refractivity contribution >= 4 is 23.2 Å². The van der Waals surface area contributed by atoms with Crippen LogP contribution in [0.25, 0.3) is 16.8 Å². The lowest BCUT2D eigenvalue weighted by atomic mass is 10.1. The highest BCUT2D eigenvalue weighted by Crippen LogP contribution is 2.36. The third-order valence-electron chi connectivity index (χ3n) is 6.93. The van der Waals surface area contributed by atoms with Crippen molar-refractivity contribution in [2.45, 2.75) is 50.3 Å². The highest BCUT2D eigenvalue weighted by atomic mass is 19.1. The second-order valence-electron chi connectivity index (χ2n) is 9.99. The maximum Gasteiger partial charge on any atom is 0.408 e. The van der Waals surface area contributed by atoms with Gasteiger partial charge in [-0.1, -0.05) is 12.1 Å². The summed E-state index contributed by atoms with van der Waals surface area (Å²) in [6, 6.07) is 10.8. The minimum absolute atomic E-state index is 0.0672. The van der Waals surface area contributed by atoms with E-state index in [9.17, 15) is 9.90 Å². The first-order valence-corrected chi connectivity index (χ1v) is 12.6. The highest BCUT2D eigenvalue weighted by molar-refractivity contribution is 5.76. The smallest absolute Gasteiger partial charge is 0.408 e. The van der Waals surface area contributed by atoms with E-state index in [0.717, 1.165) is 18.4 Å². The number of nitrogens with zero attached hydrogens (tertiary/aromatic N) is 4. The van der Waals surface area contributed by atoms with Crippen molar-refractivity contribution in [3.05, 3.63) is 54.0 Å². The Labute approximate surface area is 222 Å². The monoisotopic (exact) mass is 537 g/mol. The standard InChI is InChI=1S/C26H28FN7O5/c1-26(6-7-26)30-25(36)39-20-13-38-23(22(20)27)17-10-21(32-31-17)29-24-19-9-15(12-35)33-34(19)11-18(28-24)14-4-3-5-16(8-14)37-2/h3-5,8-11,20,22-23,35H,6-7,12-13H2,1-2H3,(H,30,36)(H2,28,29,31,32)/t20-,22+,23-/m0/s1. The molecular formula is C26H28FN7O5. The van der Waals surface area contributed by atoms with Crippen LogP contribution in [0.4, 0.5) is 20.8 Å². The van der Waals surface area contributed by atoms with E-state index < -0.39 is 24.5 Å². The number of benzene rings is 1. The van der Waals surface area contributed by atoms with E-state index >= 15 is 4.39 Å². The minimum Gasteiger partial charge on any atom is -0.497 e. The van der Waals surface area contributed by atoms with Crippen LogP contribution in [0.1, 0.15) is 37.3 Å². The number of amides is 1. The number of aliphatic hydroxyl groups is 1.